The van der Waals surface area contributed by atoms with Crippen LogP contribution in [0.1, 0.15) is 0 Å². The van der Waals surface area contributed by atoms with Gasteiger partial charge in [0.25, 0.3) is 0 Å². The lowest BCUT2D eigenvalue weighted by Gasteiger charge is -2.11. The number of thioether (sulfide) groups is 1. The first-order chi connectivity index (χ1) is 12.5. The fraction of sp³-hybridized carbons (Fsp3) is 0.118. The lowest BCUT2D eigenvalue weighted by atomic mass is 10.3. The van der Waals surface area contributed by atoms with Gasteiger partial charge >= 0.3 is 0 Å². The lowest BCUT2D eigenvalue weighted by molar-refractivity contribution is -0.119. The van der Waals surface area contributed by atoms with Crippen molar-refractivity contribution >= 4 is 63.9 Å². The van der Waals surface area contributed by atoms with E-state index in [0.29, 0.717) is 5.02 Å². The maximum atomic E-state index is 11.8. The number of para-hydroxylation sites is 1. The zero-order chi connectivity index (χ0) is 18.8. The van der Waals surface area contributed by atoms with Gasteiger partial charge < -0.3 is 10.6 Å². The zero-order valence-electron chi connectivity index (χ0n) is 13.6. The monoisotopic (exact) mass is 408 g/mol. The Labute approximate surface area is 166 Å². The van der Waals surface area contributed by atoms with Crippen molar-refractivity contribution in [1.29, 1.82) is 0 Å². The van der Waals surface area contributed by atoms with E-state index >= 15 is 0 Å². The molecule has 2 aromatic carbocycles. The molecular formula is C17H17ClN4O2S2. The molecule has 0 aromatic heterocycles. The molecule has 0 saturated heterocycles. The third-order valence-electron chi connectivity index (χ3n) is 2.94. The first-order valence-corrected chi connectivity index (χ1v) is 9.51. The van der Waals surface area contributed by atoms with Crippen molar-refractivity contribution in [3.8, 4) is 0 Å². The van der Waals surface area contributed by atoms with Crippen molar-refractivity contribution in [2.45, 2.75) is 0 Å². The van der Waals surface area contributed by atoms with Crippen LogP contribution in [0.5, 0.6) is 0 Å². The molecule has 0 spiro atoms. The number of thiocarbonyl (C=S) groups is 1. The second-order valence-electron chi connectivity index (χ2n) is 5.04. The third-order valence-corrected chi connectivity index (χ3v) is 4.33. The fourth-order valence-corrected chi connectivity index (χ4v) is 2.73. The molecule has 0 atom stereocenters. The van der Waals surface area contributed by atoms with Crippen LogP contribution in [-0.2, 0) is 9.59 Å². The normalized spacial score (nSPS) is 9.88. The number of hydrogen-bond acceptors (Lipinski definition) is 4. The highest BCUT2D eigenvalue weighted by atomic mass is 35.5. The maximum Gasteiger partial charge on any atom is 0.248 e. The number of carbonyl (C=O) groups is 2. The summed E-state index contributed by atoms with van der Waals surface area (Å²) in [5.41, 5.74) is 6.53. The van der Waals surface area contributed by atoms with Crippen molar-refractivity contribution in [2.24, 2.45) is 0 Å². The van der Waals surface area contributed by atoms with E-state index in [1.807, 2.05) is 18.2 Å². The molecule has 0 radical (unpaired) electrons. The third kappa shape index (κ3) is 7.73. The van der Waals surface area contributed by atoms with Crippen molar-refractivity contribution in [2.75, 3.05) is 22.1 Å². The number of carbonyl (C=O) groups excluding carboxylic acids is 2. The summed E-state index contributed by atoms with van der Waals surface area (Å²) in [6.45, 7) is 0. The Bertz CT molecular complexity index is 757. The molecule has 26 heavy (non-hydrogen) atoms. The molecule has 4 N–H and O–H groups in total. The molecule has 0 heterocycles. The van der Waals surface area contributed by atoms with E-state index in [1.54, 1.807) is 36.4 Å². The van der Waals surface area contributed by atoms with E-state index in [1.165, 1.54) is 11.8 Å². The highest BCUT2D eigenvalue weighted by Gasteiger charge is 2.06. The van der Waals surface area contributed by atoms with Crippen molar-refractivity contribution < 1.29 is 9.59 Å². The standard InChI is InChI=1S/C17H17ClN4O2S2/c18-12-6-8-14(9-7-12)20-17(25)22-21-16(24)11-26-10-15(23)19-13-4-2-1-3-5-13/h1-9H,10-11H2,(H,19,23)(H,21,24)(H2,20,22,25). The summed E-state index contributed by atoms with van der Waals surface area (Å²) in [7, 11) is 0. The SMILES string of the molecule is O=C(CSCC(=O)Nc1ccccc1)NNC(=S)Nc1ccc(Cl)cc1. The number of hydrazine groups is 1. The van der Waals surface area contributed by atoms with E-state index in [2.05, 4.69) is 21.5 Å². The highest BCUT2D eigenvalue weighted by Crippen LogP contribution is 2.13. The Kier molecular flexibility index (Phi) is 8.20. The number of benzene rings is 2. The number of hydrogen-bond donors (Lipinski definition) is 4. The average molecular weight is 409 g/mol. The van der Waals surface area contributed by atoms with Crippen molar-refractivity contribution in [3.63, 3.8) is 0 Å². The molecule has 2 amide bonds. The molecule has 0 bridgehead atoms. The molecule has 9 heteroatoms. The molecule has 0 aliphatic carbocycles. The predicted octanol–water partition coefficient (Wildman–Crippen LogP) is 3.03. The Balaban J connectivity index is 1.60. The second kappa shape index (κ2) is 10.6. The maximum absolute atomic E-state index is 11.8. The smallest absolute Gasteiger partial charge is 0.248 e. The average Bonchev–Trinajstić information content (AvgIpc) is 2.63. The fourth-order valence-electron chi connectivity index (χ4n) is 1.81. The van der Waals surface area contributed by atoms with Gasteiger partial charge in [0.1, 0.15) is 0 Å². The molecule has 2 aromatic rings. The Morgan fingerprint density at radius 1 is 0.846 bits per heavy atom. The van der Waals surface area contributed by atoms with Crippen LogP contribution in [0.2, 0.25) is 5.02 Å². The Morgan fingerprint density at radius 2 is 1.46 bits per heavy atom. The largest absolute Gasteiger partial charge is 0.331 e. The van der Waals surface area contributed by atoms with Gasteiger partial charge in [-0.25, -0.2) is 0 Å². The van der Waals surface area contributed by atoms with Crippen LogP contribution >= 0.6 is 35.6 Å². The molecule has 0 fully saturated rings. The Morgan fingerprint density at radius 3 is 2.15 bits per heavy atom. The van der Waals surface area contributed by atoms with Crippen LogP contribution < -0.4 is 21.5 Å². The van der Waals surface area contributed by atoms with Gasteiger partial charge in [0, 0.05) is 16.4 Å². The van der Waals surface area contributed by atoms with Gasteiger partial charge in [0.2, 0.25) is 11.8 Å². The first-order valence-electron chi connectivity index (χ1n) is 7.57. The van der Waals surface area contributed by atoms with Gasteiger partial charge in [-0.3, -0.25) is 20.4 Å². The minimum atomic E-state index is -0.289. The summed E-state index contributed by atoms with van der Waals surface area (Å²) in [4.78, 5) is 23.5. The van der Waals surface area contributed by atoms with Gasteiger partial charge in [-0.1, -0.05) is 29.8 Å². The van der Waals surface area contributed by atoms with E-state index in [-0.39, 0.29) is 28.4 Å². The molecule has 2 rings (SSSR count). The Hall–Kier alpha value is -2.29. The van der Waals surface area contributed by atoms with Crippen LogP contribution in [0, 0.1) is 0 Å². The number of rotatable bonds is 6. The van der Waals surface area contributed by atoms with E-state index < -0.39 is 0 Å². The summed E-state index contributed by atoms with van der Waals surface area (Å²) >= 11 is 12.1. The van der Waals surface area contributed by atoms with Gasteiger partial charge in [-0.15, -0.1) is 11.8 Å². The van der Waals surface area contributed by atoms with Crippen molar-refractivity contribution in [1.82, 2.24) is 10.9 Å². The molecule has 0 unspecified atom stereocenters. The van der Waals surface area contributed by atoms with Crippen molar-refractivity contribution in [3.05, 3.63) is 59.6 Å². The summed E-state index contributed by atoms with van der Waals surface area (Å²) in [6.07, 6.45) is 0. The summed E-state index contributed by atoms with van der Waals surface area (Å²) in [6, 6.07) is 16.1. The first kappa shape index (κ1) is 20.0. The van der Waals surface area contributed by atoms with Crippen LogP contribution in [0.25, 0.3) is 0 Å². The second-order valence-corrected chi connectivity index (χ2v) is 6.87. The highest BCUT2D eigenvalue weighted by molar-refractivity contribution is 8.00. The quantitative estimate of drug-likeness (QED) is 0.434. The van der Waals surface area contributed by atoms with Crippen LogP contribution in [-0.4, -0.2) is 28.4 Å². The number of amides is 2. The predicted molar refractivity (Wildman–Crippen MR) is 111 cm³/mol. The van der Waals surface area contributed by atoms with Gasteiger partial charge in [-0.05, 0) is 48.6 Å². The van der Waals surface area contributed by atoms with E-state index in [4.69, 9.17) is 23.8 Å². The molecule has 136 valence electrons. The summed E-state index contributed by atoms with van der Waals surface area (Å²) in [5.74, 6) is -0.154. The molecule has 0 saturated carbocycles. The van der Waals surface area contributed by atoms with E-state index in [0.717, 1.165) is 11.4 Å². The van der Waals surface area contributed by atoms with Crippen LogP contribution in [0.4, 0.5) is 11.4 Å². The topological polar surface area (TPSA) is 82.3 Å². The minimum Gasteiger partial charge on any atom is -0.331 e. The van der Waals surface area contributed by atoms with Crippen LogP contribution in [0.3, 0.4) is 0 Å². The van der Waals surface area contributed by atoms with Gasteiger partial charge in [0.15, 0.2) is 5.11 Å². The molecule has 6 nitrogen and oxygen atoms in total. The van der Waals surface area contributed by atoms with Gasteiger partial charge in [-0.2, -0.15) is 0 Å². The summed E-state index contributed by atoms with van der Waals surface area (Å²) < 4.78 is 0. The van der Waals surface area contributed by atoms with Crippen LogP contribution in [0.15, 0.2) is 54.6 Å². The van der Waals surface area contributed by atoms with Gasteiger partial charge in [0.05, 0.1) is 11.5 Å². The number of halogens is 1. The minimum absolute atomic E-state index is 0.124. The van der Waals surface area contributed by atoms with E-state index in [9.17, 15) is 9.59 Å². The molecule has 0 aliphatic heterocycles. The lowest BCUT2D eigenvalue weighted by Crippen LogP contribution is -2.44. The molecular weight excluding hydrogens is 392 g/mol. The zero-order valence-corrected chi connectivity index (χ0v) is 16.0. The molecule has 0 aliphatic rings. The number of anilines is 2. The summed E-state index contributed by atoms with van der Waals surface area (Å²) in [5, 5.41) is 6.52. The number of nitrogens with one attached hydrogen (secondary N) is 4.